The van der Waals surface area contributed by atoms with Gasteiger partial charge in [-0.05, 0) is 24.3 Å². The standard InChI is InChI=1S/C13H13NO3/c1-14-8-9(3-6-13(15)16)11-7-10(17-2)4-5-12(11)14/h3-8H,1-2H3,(H,15,16). The summed E-state index contributed by atoms with van der Waals surface area (Å²) in [6, 6.07) is 5.73. The summed E-state index contributed by atoms with van der Waals surface area (Å²) in [5.74, 6) is -0.196. The minimum atomic E-state index is -0.954. The van der Waals surface area contributed by atoms with Gasteiger partial charge < -0.3 is 14.4 Å². The summed E-state index contributed by atoms with van der Waals surface area (Å²) in [6.07, 6.45) is 4.61. The zero-order valence-corrected chi connectivity index (χ0v) is 9.68. The van der Waals surface area contributed by atoms with Crippen LogP contribution in [0.2, 0.25) is 0 Å². The molecule has 17 heavy (non-hydrogen) atoms. The molecule has 0 saturated heterocycles. The monoisotopic (exact) mass is 231 g/mol. The van der Waals surface area contributed by atoms with Gasteiger partial charge in [0, 0.05) is 35.8 Å². The highest BCUT2D eigenvalue weighted by molar-refractivity contribution is 5.94. The van der Waals surface area contributed by atoms with E-state index in [0.717, 1.165) is 28.3 Å². The fraction of sp³-hybridized carbons (Fsp3) is 0.154. The van der Waals surface area contributed by atoms with Crippen molar-refractivity contribution >= 4 is 22.9 Å². The SMILES string of the molecule is COc1ccc2c(c1)c(C=CC(=O)O)cn2C. The Morgan fingerprint density at radius 1 is 1.47 bits per heavy atom. The number of nitrogens with zero attached hydrogens (tertiary/aromatic N) is 1. The zero-order valence-electron chi connectivity index (χ0n) is 9.68. The van der Waals surface area contributed by atoms with Crippen LogP contribution >= 0.6 is 0 Å². The largest absolute Gasteiger partial charge is 0.497 e. The molecule has 1 aromatic heterocycles. The number of benzene rings is 1. The minimum absolute atomic E-state index is 0.758. The fourth-order valence-electron chi connectivity index (χ4n) is 1.82. The van der Waals surface area contributed by atoms with Crippen molar-refractivity contribution < 1.29 is 14.6 Å². The van der Waals surface area contributed by atoms with Crippen LogP contribution in [0.1, 0.15) is 5.56 Å². The molecule has 0 bridgehead atoms. The van der Waals surface area contributed by atoms with Gasteiger partial charge in [-0.2, -0.15) is 0 Å². The molecule has 0 aliphatic heterocycles. The van der Waals surface area contributed by atoms with Crippen LogP contribution in [0.3, 0.4) is 0 Å². The molecule has 4 heteroatoms. The lowest BCUT2D eigenvalue weighted by atomic mass is 10.1. The van der Waals surface area contributed by atoms with E-state index in [0.29, 0.717) is 0 Å². The number of aromatic nitrogens is 1. The lowest BCUT2D eigenvalue weighted by molar-refractivity contribution is -0.131. The van der Waals surface area contributed by atoms with Gasteiger partial charge in [0.1, 0.15) is 5.75 Å². The molecule has 0 amide bonds. The van der Waals surface area contributed by atoms with Crippen LogP contribution in [-0.4, -0.2) is 22.8 Å². The highest BCUT2D eigenvalue weighted by Crippen LogP contribution is 2.26. The molecule has 4 nitrogen and oxygen atoms in total. The third-order valence-corrected chi connectivity index (χ3v) is 2.63. The smallest absolute Gasteiger partial charge is 0.328 e. The Labute approximate surface area is 98.7 Å². The molecule has 0 saturated carbocycles. The lowest BCUT2D eigenvalue weighted by Crippen LogP contribution is -1.85. The van der Waals surface area contributed by atoms with Crippen LogP contribution < -0.4 is 4.74 Å². The van der Waals surface area contributed by atoms with E-state index in [4.69, 9.17) is 9.84 Å². The molecule has 1 heterocycles. The number of carboxylic acid groups (broad SMARTS) is 1. The van der Waals surface area contributed by atoms with Crippen molar-refractivity contribution in [2.75, 3.05) is 7.11 Å². The van der Waals surface area contributed by atoms with Crippen LogP contribution in [0.5, 0.6) is 5.75 Å². The number of aryl methyl sites for hydroxylation is 1. The first kappa shape index (κ1) is 11.3. The summed E-state index contributed by atoms with van der Waals surface area (Å²) in [7, 11) is 3.53. The maximum absolute atomic E-state index is 10.5. The van der Waals surface area contributed by atoms with Crippen LogP contribution in [0.15, 0.2) is 30.5 Å². The summed E-state index contributed by atoms with van der Waals surface area (Å²) in [6.45, 7) is 0. The molecule has 2 aromatic rings. The second-order valence-corrected chi connectivity index (χ2v) is 3.75. The van der Waals surface area contributed by atoms with Crippen molar-refractivity contribution in [1.82, 2.24) is 4.57 Å². The first-order valence-corrected chi connectivity index (χ1v) is 5.16. The van der Waals surface area contributed by atoms with Crippen LogP contribution in [0.4, 0.5) is 0 Å². The van der Waals surface area contributed by atoms with Gasteiger partial charge in [0.2, 0.25) is 0 Å². The van der Waals surface area contributed by atoms with Crippen molar-refractivity contribution in [3.63, 3.8) is 0 Å². The van der Waals surface area contributed by atoms with Crippen LogP contribution in [-0.2, 0) is 11.8 Å². The van der Waals surface area contributed by atoms with E-state index >= 15 is 0 Å². The quantitative estimate of drug-likeness (QED) is 0.824. The second kappa shape index (κ2) is 4.33. The summed E-state index contributed by atoms with van der Waals surface area (Å²) >= 11 is 0. The molecule has 1 aromatic carbocycles. The highest BCUT2D eigenvalue weighted by Gasteiger charge is 2.05. The highest BCUT2D eigenvalue weighted by atomic mass is 16.5. The number of carbonyl (C=O) groups is 1. The fourth-order valence-corrected chi connectivity index (χ4v) is 1.82. The predicted octanol–water partition coefficient (Wildman–Crippen LogP) is 2.28. The molecule has 0 spiro atoms. The lowest BCUT2D eigenvalue weighted by Gasteiger charge is -2.00. The molecule has 88 valence electrons. The van der Waals surface area contributed by atoms with Gasteiger partial charge in [-0.25, -0.2) is 4.79 Å². The number of rotatable bonds is 3. The Balaban J connectivity index is 2.59. The van der Waals surface area contributed by atoms with Gasteiger partial charge in [-0.1, -0.05) is 0 Å². The average molecular weight is 231 g/mol. The maximum atomic E-state index is 10.5. The normalized spacial score (nSPS) is 11.2. The van der Waals surface area contributed by atoms with E-state index in [1.54, 1.807) is 13.2 Å². The van der Waals surface area contributed by atoms with E-state index in [1.807, 2.05) is 36.0 Å². The minimum Gasteiger partial charge on any atom is -0.497 e. The van der Waals surface area contributed by atoms with Gasteiger partial charge in [-0.3, -0.25) is 0 Å². The van der Waals surface area contributed by atoms with Gasteiger partial charge in [-0.15, -0.1) is 0 Å². The molecule has 2 rings (SSSR count). The first-order valence-electron chi connectivity index (χ1n) is 5.16. The Hall–Kier alpha value is -2.23. The third kappa shape index (κ3) is 2.15. The molecule has 0 radical (unpaired) electrons. The van der Waals surface area contributed by atoms with Gasteiger partial charge in [0.25, 0.3) is 0 Å². The van der Waals surface area contributed by atoms with Crippen molar-refractivity contribution in [3.05, 3.63) is 36.0 Å². The molecule has 0 fully saturated rings. The molecule has 1 N–H and O–H groups in total. The second-order valence-electron chi connectivity index (χ2n) is 3.75. The van der Waals surface area contributed by atoms with Crippen molar-refractivity contribution in [2.24, 2.45) is 7.05 Å². The number of carboxylic acids is 1. The molecule has 0 atom stereocenters. The topological polar surface area (TPSA) is 51.5 Å². The van der Waals surface area contributed by atoms with Crippen molar-refractivity contribution in [3.8, 4) is 5.75 Å². The maximum Gasteiger partial charge on any atom is 0.328 e. The van der Waals surface area contributed by atoms with Crippen LogP contribution in [0.25, 0.3) is 17.0 Å². The number of aliphatic carboxylic acids is 1. The van der Waals surface area contributed by atoms with Gasteiger partial charge >= 0.3 is 5.97 Å². The van der Waals surface area contributed by atoms with E-state index < -0.39 is 5.97 Å². The average Bonchev–Trinajstić information content (AvgIpc) is 2.63. The molecule has 0 aliphatic rings. The van der Waals surface area contributed by atoms with Crippen molar-refractivity contribution in [2.45, 2.75) is 0 Å². The first-order chi connectivity index (χ1) is 8.11. The third-order valence-electron chi connectivity index (χ3n) is 2.63. The number of hydrogen-bond donors (Lipinski definition) is 1. The molecule has 0 unspecified atom stereocenters. The molecular formula is C13H13NO3. The Morgan fingerprint density at radius 2 is 2.24 bits per heavy atom. The van der Waals surface area contributed by atoms with Gasteiger partial charge in [0.05, 0.1) is 7.11 Å². The number of ether oxygens (including phenoxy) is 1. The predicted molar refractivity (Wildman–Crippen MR) is 66.1 cm³/mol. The van der Waals surface area contributed by atoms with E-state index in [-0.39, 0.29) is 0 Å². The van der Waals surface area contributed by atoms with E-state index in [1.165, 1.54) is 0 Å². The summed E-state index contributed by atoms with van der Waals surface area (Å²) < 4.78 is 7.12. The summed E-state index contributed by atoms with van der Waals surface area (Å²) in [5, 5.41) is 9.61. The molecule has 0 aliphatic carbocycles. The van der Waals surface area contributed by atoms with E-state index in [2.05, 4.69) is 0 Å². The Morgan fingerprint density at radius 3 is 2.88 bits per heavy atom. The summed E-state index contributed by atoms with van der Waals surface area (Å²) in [5.41, 5.74) is 1.90. The summed E-state index contributed by atoms with van der Waals surface area (Å²) in [4.78, 5) is 10.5. The van der Waals surface area contributed by atoms with Gasteiger partial charge in [0.15, 0.2) is 0 Å². The number of hydrogen-bond acceptors (Lipinski definition) is 2. The Bertz CT molecular complexity index is 596. The number of fused-ring (bicyclic) bond motifs is 1. The van der Waals surface area contributed by atoms with E-state index in [9.17, 15) is 4.79 Å². The zero-order chi connectivity index (χ0) is 12.4. The van der Waals surface area contributed by atoms with Crippen LogP contribution in [0, 0.1) is 0 Å². The van der Waals surface area contributed by atoms with Crippen molar-refractivity contribution in [1.29, 1.82) is 0 Å². The number of methoxy groups -OCH3 is 1. The Kier molecular flexibility index (Phi) is 2.87. The molecular weight excluding hydrogens is 218 g/mol.